The normalized spacial score (nSPS) is 10.1. The maximum atomic E-state index is 13.4. The second-order valence-corrected chi connectivity index (χ2v) is 3.13. The van der Waals surface area contributed by atoms with Crippen LogP contribution in [0.2, 0.25) is 0 Å². The molecule has 2 aromatic rings. The van der Waals surface area contributed by atoms with Crippen molar-refractivity contribution in [3.63, 3.8) is 0 Å². The molecule has 2 rings (SSSR count). The van der Waals surface area contributed by atoms with Gasteiger partial charge in [-0.2, -0.15) is 0 Å². The number of hydrogen-bond acceptors (Lipinski definition) is 3. The van der Waals surface area contributed by atoms with Crippen LogP contribution in [0.15, 0.2) is 42.7 Å². The molecule has 5 heteroatoms. The second kappa shape index (κ2) is 4.06. The smallest absolute Gasteiger partial charge is 0.262 e. The molecule has 0 atom stereocenters. The molecular weight excluding hydrogens is 211 g/mol. The zero-order valence-corrected chi connectivity index (χ0v) is 8.13. The number of nitrogens with zero attached hydrogens (tertiary/aromatic N) is 2. The lowest BCUT2D eigenvalue weighted by Gasteiger charge is -2.03. The Labute approximate surface area is 90.5 Å². The molecule has 1 aromatic heterocycles. The molecule has 0 aliphatic carbocycles. The van der Waals surface area contributed by atoms with Crippen molar-refractivity contribution in [2.75, 3.05) is 0 Å². The Kier molecular flexibility index (Phi) is 2.59. The van der Waals surface area contributed by atoms with Crippen LogP contribution in [0.4, 0.5) is 10.1 Å². The number of pyridine rings is 1. The minimum atomic E-state index is -0.572. The van der Waals surface area contributed by atoms with E-state index in [0.717, 1.165) is 6.20 Å². The van der Waals surface area contributed by atoms with E-state index < -0.39 is 10.7 Å². The first-order valence-corrected chi connectivity index (χ1v) is 4.53. The van der Waals surface area contributed by atoms with Gasteiger partial charge >= 0.3 is 0 Å². The number of benzene rings is 1. The van der Waals surface area contributed by atoms with Gasteiger partial charge in [0.15, 0.2) is 0 Å². The molecule has 0 amide bonds. The molecule has 0 saturated heterocycles. The van der Waals surface area contributed by atoms with Crippen molar-refractivity contribution in [3.8, 4) is 11.1 Å². The summed E-state index contributed by atoms with van der Waals surface area (Å²) >= 11 is 0. The highest BCUT2D eigenvalue weighted by atomic mass is 19.1. The third kappa shape index (κ3) is 1.75. The van der Waals surface area contributed by atoms with Crippen LogP contribution in [0, 0.1) is 15.9 Å². The average Bonchev–Trinajstić information content (AvgIpc) is 2.29. The Bertz CT molecular complexity index is 543. The van der Waals surface area contributed by atoms with Crippen LogP contribution in [0.3, 0.4) is 0 Å². The summed E-state index contributed by atoms with van der Waals surface area (Å²) in [6.07, 6.45) is 2.43. The Morgan fingerprint density at radius 1 is 1.19 bits per heavy atom. The fourth-order valence-electron chi connectivity index (χ4n) is 1.45. The van der Waals surface area contributed by atoms with E-state index in [0.29, 0.717) is 0 Å². The summed E-state index contributed by atoms with van der Waals surface area (Å²) in [4.78, 5) is 13.8. The number of nitro groups is 1. The topological polar surface area (TPSA) is 56.0 Å². The Morgan fingerprint density at radius 3 is 2.62 bits per heavy atom. The van der Waals surface area contributed by atoms with E-state index in [9.17, 15) is 14.5 Å². The molecular formula is C11H7FN2O2. The first-order valence-electron chi connectivity index (χ1n) is 4.53. The van der Waals surface area contributed by atoms with Gasteiger partial charge in [-0.05, 0) is 12.1 Å². The highest BCUT2D eigenvalue weighted by Crippen LogP contribution is 2.30. The van der Waals surface area contributed by atoms with Gasteiger partial charge in [-0.1, -0.05) is 12.1 Å². The summed E-state index contributed by atoms with van der Waals surface area (Å²) in [5.41, 5.74) is 0.322. The molecule has 0 radical (unpaired) electrons. The van der Waals surface area contributed by atoms with Crippen LogP contribution in [-0.2, 0) is 0 Å². The Hall–Kier alpha value is -2.30. The van der Waals surface area contributed by atoms with E-state index in [2.05, 4.69) is 4.98 Å². The molecule has 0 aliphatic heterocycles. The summed E-state index contributed by atoms with van der Waals surface area (Å²) in [7, 11) is 0. The molecule has 1 heterocycles. The zero-order chi connectivity index (χ0) is 11.5. The molecule has 0 spiro atoms. The summed E-state index contributed by atoms with van der Waals surface area (Å²) in [5.74, 6) is -0.572. The van der Waals surface area contributed by atoms with Crippen LogP contribution in [0.5, 0.6) is 0 Å². The van der Waals surface area contributed by atoms with Gasteiger partial charge in [0.25, 0.3) is 5.69 Å². The van der Waals surface area contributed by atoms with E-state index >= 15 is 0 Å². The molecule has 0 N–H and O–H groups in total. The van der Waals surface area contributed by atoms with Gasteiger partial charge in [0.2, 0.25) is 0 Å². The van der Waals surface area contributed by atoms with Gasteiger partial charge in [-0.25, -0.2) is 4.39 Å². The van der Waals surface area contributed by atoms with Crippen molar-refractivity contribution >= 4 is 5.69 Å². The molecule has 80 valence electrons. The third-order valence-electron chi connectivity index (χ3n) is 2.16. The first-order chi connectivity index (χ1) is 7.70. The molecule has 0 fully saturated rings. The Morgan fingerprint density at radius 2 is 1.94 bits per heavy atom. The Balaban J connectivity index is 2.65. The highest BCUT2D eigenvalue weighted by molar-refractivity contribution is 5.73. The second-order valence-electron chi connectivity index (χ2n) is 3.13. The van der Waals surface area contributed by atoms with E-state index in [-0.39, 0.29) is 16.8 Å². The van der Waals surface area contributed by atoms with E-state index in [1.54, 1.807) is 12.1 Å². The molecule has 4 nitrogen and oxygen atoms in total. The number of nitro benzene ring substituents is 1. The van der Waals surface area contributed by atoms with Gasteiger partial charge < -0.3 is 0 Å². The zero-order valence-electron chi connectivity index (χ0n) is 8.13. The fourth-order valence-corrected chi connectivity index (χ4v) is 1.45. The predicted molar refractivity (Wildman–Crippen MR) is 56.3 cm³/mol. The monoisotopic (exact) mass is 218 g/mol. The van der Waals surface area contributed by atoms with Crippen LogP contribution in [-0.4, -0.2) is 9.91 Å². The lowest BCUT2D eigenvalue weighted by molar-refractivity contribution is -0.384. The quantitative estimate of drug-likeness (QED) is 0.575. The summed E-state index contributed by atoms with van der Waals surface area (Å²) in [6.45, 7) is 0. The molecule has 16 heavy (non-hydrogen) atoms. The van der Waals surface area contributed by atoms with Crippen LogP contribution in [0.1, 0.15) is 0 Å². The molecule has 0 aliphatic rings. The third-order valence-corrected chi connectivity index (χ3v) is 2.16. The minimum absolute atomic E-state index is 0.118. The maximum absolute atomic E-state index is 13.4. The van der Waals surface area contributed by atoms with E-state index in [1.807, 2.05) is 0 Å². The van der Waals surface area contributed by atoms with Crippen molar-refractivity contribution in [2.24, 2.45) is 0 Å². The molecule has 0 bridgehead atoms. The number of halogens is 1. The number of para-hydroxylation sites is 1. The van der Waals surface area contributed by atoms with Crippen LogP contribution < -0.4 is 0 Å². The molecule has 0 unspecified atom stereocenters. The van der Waals surface area contributed by atoms with E-state index in [1.165, 1.54) is 24.4 Å². The predicted octanol–water partition coefficient (Wildman–Crippen LogP) is 2.80. The lowest BCUT2D eigenvalue weighted by Crippen LogP contribution is -1.93. The number of rotatable bonds is 2. The van der Waals surface area contributed by atoms with Crippen molar-refractivity contribution < 1.29 is 9.31 Å². The average molecular weight is 218 g/mol. The van der Waals surface area contributed by atoms with Crippen molar-refractivity contribution in [2.45, 2.75) is 0 Å². The van der Waals surface area contributed by atoms with Crippen molar-refractivity contribution in [1.29, 1.82) is 0 Å². The van der Waals surface area contributed by atoms with Gasteiger partial charge in [-0.15, -0.1) is 0 Å². The maximum Gasteiger partial charge on any atom is 0.277 e. The summed E-state index contributed by atoms with van der Waals surface area (Å²) in [6, 6.07) is 7.44. The van der Waals surface area contributed by atoms with Gasteiger partial charge in [-0.3, -0.25) is 15.1 Å². The first kappa shape index (κ1) is 10.2. The van der Waals surface area contributed by atoms with Gasteiger partial charge in [0.1, 0.15) is 5.82 Å². The highest BCUT2D eigenvalue weighted by Gasteiger charge is 2.16. The number of aromatic nitrogens is 1. The van der Waals surface area contributed by atoms with Crippen LogP contribution in [0.25, 0.3) is 11.1 Å². The summed E-state index contributed by atoms with van der Waals surface area (Å²) in [5, 5.41) is 10.8. The SMILES string of the molecule is O=[N+]([O-])c1ccccc1-c1ccncc1F. The molecule has 1 aromatic carbocycles. The van der Waals surface area contributed by atoms with E-state index in [4.69, 9.17) is 0 Å². The fraction of sp³-hybridized carbons (Fsp3) is 0. The van der Waals surface area contributed by atoms with Gasteiger partial charge in [0.05, 0.1) is 16.7 Å². The van der Waals surface area contributed by atoms with Crippen LogP contribution >= 0.6 is 0 Å². The standard InChI is InChI=1S/C11H7FN2O2/c12-10-7-13-6-5-8(10)9-3-1-2-4-11(9)14(15)16/h1-7H. The number of hydrogen-bond donors (Lipinski definition) is 0. The van der Waals surface area contributed by atoms with Crippen molar-refractivity contribution in [3.05, 3.63) is 58.7 Å². The summed E-state index contributed by atoms with van der Waals surface area (Å²) < 4.78 is 13.4. The lowest BCUT2D eigenvalue weighted by atomic mass is 10.0. The van der Waals surface area contributed by atoms with Crippen molar-refractivity contribution in [1.82, 2.24) is 4.98 Å². The largest absolute Gasteiger partial charge is 0.277 e. The minimum Gasteiger partial charge on any atom is -0.262 e. The molecule has 0 saturated carbocycles. The van der Waals surface area contributed by atoms with Gasteiger partial charge in [0, 0.05) is 17.8 Å².